The highest BCUT2D eigenvalue weighted by molar-refractivity contribution is 9.10. The summed E-state index contributed by atoms with van der Waals surface area (Å²) < 4.78 is 6.68. The zero-order valence-electron chi connectivity index (χ0n) is 13.1. The lowest BCUT2D eigenvalue weighted by molar-refractivity contribution is 0.410. The van der Waals surface area contributed by atoms with Gasteiger partial charge in [-0.1, -0.05) is 49.6 Å². The number of hydrogen-bond acceptors (Lipinski definition) is 1. The lowest BCUT2D eigenvalue weighted by atomic mass is 9.93. The van der Waals surface area contributed by atoms with Crippen molar-refractivity contribution in [1.29, 1.82) is 0 Å². The van der Waals surface area contributed by atoms with Gasteiger partial charge in [0.05, 0.1) is 11.9 Å². The first kappa shape index (κ1) is 16.6. The Morgan fingerprint density at radius 2 is 1.48 bits per heavy atom. The smallest absolute Gasteiger partial charge is 0.123 e. The first-order valence-electron chi connectivity index (χ1n) is 6.91. The molecule has 1 atom stereocenters. The number of methoxy groups -OCH3 is 1. The highest BCUT2D eigenvalue weighted by Gasteiger charge is 2.20. The van der Waals surface area contributed by atoms with E-state index >= 15 is 0 Å². The maximum Gasteiger partial charge on any atom is 0.123 e. The molecule has 0 radical (unpaired) electrons. The van der Waals surface area contributed by atoms with Crippen molar-refractivity contribution >= 4 is 31.9 Å². The maximum absolute atomic E-state index is 5.58. The normalized spacial score (nSPS) is 12.3. The summed E-state index contributed by atoms with van der Waals surface area (Å²) in [6.07, 6.45) is 0. The molecule has 0 N–H and O–H groups in total. The van der Waals surface area contributed by atoms with Crippen LogP contribution in [-0.4, -0.2) is 7.11 Å². The molecule has 0 aliphatic heterocycles. The summed E-state index contributed by atoms with van der Waals surface area (Å²) in [6, 6.07) is 8.68. The van der Waals surface area contributed by atoms with E-state index in [0.29, 0.717) is 0 Å². The molecule has 0 saturated carbocycles. The van der Waals surface area contributed by atoms with Crippen LogP contribution in [0.25, 0.3) is 0 Å². The van der Waals surface area contributed by atoms with Crippen LogP contribution in [0.4, 0.5) is 0 Å². The van der Waals surface area contributed by atoms with E-state index in [1.54, 1.807) is 7.11 Å². The summed E-state index contributed by atoms with van der Waals surface area (Å²) >= 11 is 7.49. The fourth-order valence-corrected chi connectivity index (χ4v) is 4.23. The number of alkyl halides is 1. The monoisotopic (exact) mass is 410 g/mol. The molecule has 2 rings (SSSR count). The quantitative estimate of drug-likeness (QED) is 0.548. The van der Waals surface area contributed by atoms with Gasteiger partial charge in [-0.15, -0.1) is 0 Å². The van der Waals surface area contributed by atoms with Crippen LogP contribution < -0.4 is 4.74 Å². The minimum absolute atomic E-state index is 0.116. The van der Waals surface area contributed by atoms with Gasteiger partial charge in [-0.3, -0.25) is 0 Å². The van der Waals surface area contributed by atoms with Crippen LogP contribution in [0.1, 0.15) is 38.2 Å². The zero-order valence-corrected chi connectivity index (χ0v) is 16.2. The van der Waals surface area contributed by atoms with Crippen molar-refractivity contribution in [3.63, 3.8) is 0 Å². The Kier molecular flexibility index (Phi) is 5.15. The summed E-state index contributed by atoms with van der Waals surface area (Å²) in [6.45, 7) is 8.54. The van der Waals surface area contributed by atoms with Gasteiger partial charge < -0.3 is 4.74 Å². The van der Waals surface area contributed by atoms with Crippen LogP contribution in [0.5, 0.6) is 5.75 Å². The number of aryl methyl sites for hydroxylation is 4. The van der Waals surface area contributed by atoms with Gasteiger partial charge in [-0.2, -0.15) is 0 Å². The predicted octanol–water partition coefficient (Wildman–Crippen LogP) is 6.18. The van der Waals surface area contributed by atoms with Crippen molar-refractivity contribution in [2.24, 2.45) is 0 Å². The molecular formula is C18H20Br2O. The molecule has 0 heterocycles. The number of benzene rings is 2. The van der Waals surface area contributed by atoms with Gasteiger partial charge in [0.1, 0.15) is 5.75 Å². The third kappa shape index (κ3) is 3.35. The van der Waals surface area contributed by atoms with Gasteiger partial charge >= 0.3 is 0 Å². The Morgan fingerprint density at radius 1 is 0.905 bits per heavy atom. The van der Waals surface area contributed by atoms with Gasteiger partial charge in [-0.25, -0.2) is 0 Å². The molecule has 3 heteroatoms. The van der Waals surface area contributed by atoms with E-state index in [1.807, 2.05) is 0 Å². The Labute approximate surface area is 144 Å². The summed E-state index contributed by atoms with van der Waals surface area (Å²) in [5.74, 6) is 0.914. The Balaban J connectivity index is 2.60. The molecule has 0 bridgehead atoms. The van der Waals surface area contributed by atoms with E-state index in [4.69, 9.17) is 4.74 Å². The minimum atomic E-state index is 0.116. The molecule has 2 aromatic carbocycles. The second-order valence-electron chi connectivity index (χ2n) is 5.52. The molecule has 1 unspecified atom stereocenters. The Morgan fingerprint density at radius 3 is 2.00 bits per heavy atom. The number of halogens is 2. The van der Waals surface area contributed by atoms with Crippen LogP contribution in [0.2, 0.25) is 0 Å². The van der Waals surface area contributed by atoms with Crippen molar-refractivity contribution in [2.45, 2.75) is 32.5 Å². The molecule has 112 valence electrons. The summed E-state index contributed by atoms with van der Waals surface area (Å²) in [5.41, 5.74) is 7.53. The third-order valence-electron chi connectivity index (χ3n) is 3.78. The van der Waals surface area contributed by atoms with Crippen LogP contribution in [-0.2, 0) is 0 Å². The fraction of sp³-hybridized carbons (Fsp3) is 0.333. The molecule has 21 heavy (non-hydrogen) atoms. The van der Waals surface area contributed by atoms with E-state index in [1.165, 1.54) is 27.8 Å². The fourth-order valence-electron chi connectivity index (χ4n) is 2.79. The van der Waals surface area contributed by atoms with Crippen LogP contribution in [0.3, 0.4) is 0 Å². The molecule has 1 nitrogen and oxygen atoms in total. The van der Waals surface area contributed by atoms with E-state index in [0.717, 1.165) is 15.8 Å². The Bertz CT molecular complexity index is 654. The van der Waals surface area contributed by atoms with Gasteiger partial charge in [0.25, 0.3) is 0 Å². The van der Waals surface area contributed by atoms with Crippen molar-refractivity contribution in [3.05, 3.63) is 62.1 Å². The third-order valence-corrected chi connectivity index (χ3v) is 5.58. The first-order chi connectivity index (χ1) is 9.85. The van der Waals surface area contributed by atoms with E-state index < -0.39 is 0 Å². The van der Waals surface area contributed by atoms with Gasteiger partial charge in [0.2, 0.25) is 0 Å². The van der Waals surface area contributed by atoms with Crippen molar-refractivity contribution in [3.8, 4) is 5.75 Å². The number of hydrogen-bond donors (Lipinski definition) is 0. The van der Waals surface area contributed by atoms with Crippen molar-refractivity contribution < 1.29 is 4.74 Å². The van der Waals surface area contributed by atoms with Crippen LogP contribution in [0, 0.1) is 27.7 Å². The average Bonchev–Trinajstić information content (AvgIpc) is 2.39. The highest BCUT2D eigenvalue weighted by atomic mass is 79.9. The van der Waals surface area contributed by atoms with Gasteiger partial charge in [-0.05, 0) is 62.1 Å². The molecule has 0 aliphatic carbocycles. The minimum Gasteiger partial charge on any atom is -0.496 e. The Hall–Kier alpha value is -0.800. The zero-order chi connectivity index (χ0) is 15.7. The molecule has 0 aliphatic rings. The predicted molar refractivity (Wildman–Crippen MR) is 96.9 cm³/mol. The molecule has 0 saturated heterocycles. The second kappa shape index (κ2) is 6.53. The van der Waals surface area contributed by atoms with Crippen molar-refractivity contribution in [1.82, 2.24) is 0 Å². The molecule has 0 spiro atoms. The first-order valence-corrected chi connectivity index (χ1v) is 8.61. The molecule has 2 aromatic rings. The molecule has 0 aromatic heterocycles. The number of ether oxygens (including phenoxy) is 1. The SMILES string of the molecule is COc1cc(C)c(Br)cc1C(Br)c1c(C)cc(C)cc1C. The topological polar surface area (TPSA) is 9.23 Å². The largest absolute Gasteiger partial charge is 0.496 e. The molecular weight excluding hydrogens is 392 g/mol. The van der Waals surface area contributed by atoms with E-state index in [2.05, 4.69) is 83.8 Å². The second-order valence-corrected chi connectivity index (χ2v) is 7.29. The van der Waals surface area contributed by atoms with E-state index in [-0.39, 0.29) is 4.83 Å². The molecule has 0 fully saturated rings. The molecule has 0 amide bonds. The number of rotatable bonds is 3. The maximum atomic E-state index is 5.58. The summed E-state index contributed by atoms with van der Waals surface area (Å²) in [5, 5.41) is 0. The standard InChI is InChI=1S/C18H20Br2O/c1-10-6-12(3)17(13(4)7-10)18(20)14-9-15(19)11(2)8-16(14)21-5/h6-9,18H,1-5H3. The van der Waals surface area contributed by atoms with Crippen LogP contribution >= 0.6 is 31.9 Å². The average molecular weight is 412 g/mol. The lowest BCUT2D eigenvalue weighted by Gasteiger charge is -2.20. The summed E-state index contributed by atoms with van der Waals surface area (Å²) in [4.78, 5) is 0.116. The van der Waals surface area contributed by atoms with E-state index in [9.17, 15) is 0 Å². The van der Waals surface area contributed by atoms with Crippen molar-refractivity contribution in [2.75, 3.05) is 7.11 Å². The lowest BCUT2D eigenvalue weighted by Crippen LogP contribution is -2.03. The van der Waals surface area contributed by atoms with Gasteiger partial charge in [0.15, 0.2) is 0 Å². The van der Waals surface area contributed by atoms with Crippen LogP contribution in [0.15, 0.2) is 28.7 Å². The van der Waals surface area contributed by atoms with Gasteiger partial charge in [0, 0.05) is 10.0 Å². The highest BCUT2D eigenvalue weighted by Crippen LogP contribution is 2.41. The summed E-state index contributed by atoms with van der Waals surface area (Å²) in [7, 11) is 1.72.